The maximum atomic E-state index is 13.2. The highest BCUT2D eigenvalue weighted by molar-refractivity contribution is 7.74. The van der Waals surface area contributed by atoms with Crippen LogP contribution in [0.1, 0.15) is 53.4 Å². The molecule has 0 aliphatic carbocycles. The Morgan fingerprint density at radius 1 is 0.667 bits per heavy atom. The van der Waals surface area contributed by atoms with Gasteiger partial charge in [0.25, 0.3) is 10.6 Å². The third-order valence-corrected chi connectivity index (χ3v) is 13.0. The lowest BCUT2D eigenvalue weighted by atomic mass is 10.2. The van der Waals surface area contributed by atoms with Crippen molar-refractivity contribution in [1.82, 2.24) is 10.0 Å². The fraction of sp³-hybridized carbons (Fsp3) is 0.778. The first-order chi connectivity index (χ1) is 11.3. The Kier molecular flexibility index (Phi) is 4.93. The van der Waals surface area contributed by atoms with Crippen molar-refractivity contribution in [3.05, 3.63) is 0 Å². The molecular weight excluding hydrogens is 338 g/mol. The van der Waals surface area contributed by atoms with Crippen molar-refractivity contribution < 1.29 is 9.59 Å². The van der Waals surface area contributed by atoms with E-state index in [4.69, 9.17) is 0 Å². The summed E-state index contributed by atoms with van der Waals surface area (Å²) in [6, 6.07) is 0. The third kappa shape index (κ3) is 2.67. The summed E-state index contributed by atoms with van der Waals surface area (Å²) in [5.41, 5.74) is 2.21. The maximum Gasteiger partial charge on any atom is 0.319 e. The molecule has 2 amide bonds. The van der Waals surface area contributed by atoms with Crippen LogP contribution < -0.4 is 0 Å². The van der Waals surface area contributed by atoms with Crippen LogP contribution >= 0.6 is 15.1 Å². The molecule has 0 aromatic heterocycles. The second kappa shape index (κ2) is 6.54. The maximum absolute atomic E-state index is 13.2. The van der Waals surface area contributed by atoms with Crippen molar-refractivity contribution in [2.24, 2.45) is 0 Å². The molecule has 3 fully saturated rings. The zero-order valence-corrected chi connectivity index (χ0v) is 17.5. The molecule has 3 rings (SSSR count). The van der Waals surface area contributed by atoms with Crippen LogP contribution in [0, 0.1) is 0 Å². The van der Waals surface area contributed by atoms with Gasteiger partial charge in [-0.05, 0) is 53.4 Å². The number of carbonyl (C=O) groups excluding carboxylic acids is 2. The molecule has 4 unspecified atom stereocenters. The molecule has 0 aromatic carbocycles. The Labute approximate surface area is 147 Å². The summed E-state index contributed by atoms with van der Waals surface area (Å²) < 4.78 is 0. The van der Waals surface area contributed by atoms with Crippen molar-refractivity contribution in [2.75, 3.05) is 14.1 Å². The number of amides is 2. The highest BCUT2D eigenvalue weighted by Crippen LogP contribution is 2.53. The zero-order valence-electron chi connectivity index (χ0n) is 15.7. The first-order valence-corrected chi connectivity index (χ1v) is 12.1. The van der Waals surface area contributed by atoms with Crippen molar-refractivity contribution in [2.45, 2.75) is 76.0 Å². The second-order valence-electron chi connectivity index (χ2n) is 7.72. The number of rotatable bonds is 0. The van der Waals surface area contributed by atoms with Gasteiger partial charge in [-0.25, -0.2) is 10.0 Å². The second-order valence-corrected chi connectivity index (χ2v) is 13.8. The van der Waals surface area contributed by atoms with E-state index < -0.39 is 15.1 Å². The molecule has 0 aromatic rings. The van der Waals surface area contributed by atoms with Gasteiger partial charge in [0.1, 0.15) is 37.7 Å². The van der Waals surface area contributed by atoms with Crippen molar-refractivity contribution in [1.29, 1.82) is 0 Å². The van der Waals surface area contributed by atoms with E-state index >= 15 is 0 Å². The molecule has 24 heavy (non-hydrogen) atoms. The number of hydrogen-bond acceptors (Lipinski definition) is 2. The monoisotopic (exact) mass is 368 g/mol. The lowest BCUT2D eigenvalue weighted by Gasteiger charge is -2.32. The molecule has 0 spiro atoms. The van der Waals surface area contributed by atoms with Gasteiger partial charge in [0, 0.05) is 14.1 Å². The zero-order chi connectivity index (χ0) is 17.8. The van der Waals surface area contributed by atoms with E-state index in [1.54, 1.807) is 24.1 Å². The molecule has 3 heterocycles. The molecular formula is C18H30N2O2P2+2. The Morgan fingerprint density at radius 3 is 1.17 bits per heavy atom. The third-order valence-electron chi connectivity index (χ3n) is 6.09. The molecule has 6 heteroatoms. The minimum atomic E-state index is -0.534. The minimum absolute atomic E-state index is 0.0904. The van der Waals surface area contributed by atoms with E-state index in [-0.39, 0.29) is 11.8 Å². The van der Waals surface area contributed by atoms with Gasteiger partial charge in [-0.2, -0.15) is 0 Å². The van der Waals surface area contributed by atoms with E-state index in [2.05, 4.69) is 27.7 Å². The molecule has 4 nitrogen and oxygen atoms in total. The average Bonchev–Trinajstić information content (AvgIpc) is 3.04. The summed E-state index contributed by atoms with van der Waals surface area (Å²) >= 11 is 0. The van der Waals surface area contributed by atoms with E-state index in [0.29, 0.717) is 22.6 Å². The molecule has 0 N–H and O–H groups in total. The predicted molar refractivity (Wildman–Crippen MR) is 106 cm³/mol. The van der Waals surface area contributed by atoms with Crippen LogP contribution in [0.5, 0.6) is 0 Å². The molecule has 0 bridgehead atoms. The molecule has 3 aliphatic heterocycles. The normalized spacial score (nSPS) is 37.9. The molecule has 0 radical (unpaired) electrons. The number of hydrazine groups is 1. The summed E-state index contributed by atoms with van der Waals surface area (Å²) in [4.78, 5) is 26.5. The summed E-state index contributed by atoms with van der Waals surface area (Å²) in [6.45, 7) is 9.13. The van der Waals surface area contributed by atoms with Crippen LogP contribution in [0.15, 0.2) is 0 Å². The van der Waals surface area contributed by atoms with E-state index in [9.17, 15) is 9.59 Å². The van der Waals surface area contributed by atoms with Gasteiger partial charge >= 0.3 is 11.8 Å². The summed E-state index contributed by atoms with van der Waals surface area (Å²) in [7, 11) is 2.42. The van der Waals surface area contributed by atoms with Crippen molar-refractivity contribution in [3.63, 3.8) is 0 Å². The SMILES string of the molecule is CC1CCC(C)[P+]1=C1C(=O)N(C)N(C)C(=O)C1=[P+]1C(C)CCC1C. The van der Waals surface area contributed by atoms with Crippen LogP contribution in [0.25, 0.3) is 0 Å². The minimum Gasteiger partial charge on any atom is -0.263 e. The number of hydrogen-bond donors (Lipinski definition) is 0. The molecule has 132 valence electrons. The van der Waals surface area contributed by atoms with Gasteiger partial charge in [-0.1, -0.05) is 0 Å². The quantitative estimate of drug-likeness (QED) is 0.616. The van der Waals surface area contributed by atoms with Gasteiger partial charge in [0.2, 0.25) is 0 Å². The Hall–Kier alpha value is -0.720. The van der Waals surface area contributed by atoms with Gasteiger partial charge in [0.15, 0.2) is 0 Å². The van der Waals surface area contributed by atoms with Crippen LogP contribution in [-0.2, 0) is 9.59 Å². The molecule has 3 saturated heterocycles. The van der Waals surface area contributed by atoms with Crippen molar-refractivity contribution in [3.8, 4) is 0 Å². The molecule has 3 aliphatic rings. The van der Waals surface area contributed by atoms with Crippen LogP contribution in [-0.4, -0.2) is 69.2 Å². The van der Waals surface area contributed by atoms with E-state index in [1.165, 1.54) is 25.7 Å². The molecule has 0 saturated carbocycles. The molecule has 4 atom stereocenters. The Bertz CT molecular complexity index is 575. The summed E-state index contributed by atoms with van der Waals surface area (Å²) in [5.74, 6) is 0.181. The largest absolute Gasteiger partial charge is 0.319 e. The van der Waals surface area contributed by atoms with E-state index in [1.807, 2.05) is 0 Å². The Balaban J connectivity index is 2.30. The summed E-state index contributed by atoms with van der Waals surface area (Å²) in [5, 5.41) is 4.98. The van der Waals surface area contributed by atoms with Gasteiger partial charge in [0.05, 0.1) is 0 Å². The Morgan fingerprint density at radius 2 is 0.917 bits per heavy atom. The smallest absolute Gasteiger partial charge is 0.263 e. The van der Waals surface area contributed by atoms with E-state index in [0.717, 1.165) is 10.6 Å². The van der Waals surface area contributed by atoms with Crippen LogP contribution in [0.2, 0.25) is 0 Å². The number of carbonyl (C=O) groups is 2. The standard InChI is InChI=1S/C18H30N2O2P2/c1-11-7-8-12(2)23(11)15-16(24-13(3)9-10-14(24)4)18(22)20(6)19(5)17(15)21/h11-14H,7-10H2,1-6H3/q+2. The predicted octanol–water partition coefficient (Wildman–Crippen LogP) is 3.28. The van der Waals surface area contributed by atoms with Crippen molar-refractivity contribution >= 4 is 37.5 Å². The van der Waals surface area contributed by atoms with Crippen LogP contribution in [0.4, 0.5) is 0 Å². The van der Waals surface area contributed by atoms with Gasteiger partial charge in [-0.15, -0.1) is 0 Å². The first-order valence-electron chi connectivity index (χ1n) is 9.12. The highest BCUT2D eigenvalue weighted by Gasteiger charge is 2.55. The highest BCUT2D eigenvalue weighted by atomic mass is 31.1. The first kappa shape index (κ1) is 18.1. The van der Waals surface area contributed by atoms with Gasteiger partial charge in [-0.3, -0.25) is 9.59 Å². The van der Waals surface area contributed by atoms with Crippen LogP contribution in [0.3, 0.4) is 0 Å². The average molecular weight is 368 g/mol. The van der Waals surface area contributed by atoms with Gasteiger partial charge < -0.3 is 0 Å². The summed E-state index contributed by atoms with van der Waals surface area (Å²) in [6.07, 6.45) is 4.75. The lowest BCUT2D eigenvalue weighted by molar-refractivity contribution is -0.149. The topological polar surface area (TPSA) is 40.6 Å². The fourth-order valence-electron chi connectivity index (χ4n) is 4.52. The fourth-order valence-corrected chi connectivity index (χ4v) is 11.8. The number of nitrogens with zero attached hydrogens (tertiary/aromatic N) is 2. The lowest BCUT2D eigenvalue weighted by Crippen LogP contribution is -2.58.